The number of likely N-dealkylation sites (N-methyl/N-ethyl adjacent to an activating group) is 1. The average Bonchev–Trinajstić information content (AvgIpc) is 2.43. The summed E-state index contributed by atoms with van der Waals surface area (Å²) in [5.74, 6) is 0. The van der Waals surface area contributed by atoms with E-state index < -0.39 is 6.10 Å². The van der Waals surface area contributed by atoms with Crippen molar-refractivity contribution in [1.82, 2.24) is 9.80 Å². The number of β-amino-alcohol motifs (C(OH)–C–C–N with tert-alkyl or cyclic N) is 1. The first kappa shape index (κ1) is 15.4. The SMILES string of the molecule is CC1CN(C)CCN1CC(O)C(N)Cc1ccccc1. The van der Waals surface area contributed by atoms with E-state index in [1.54, 1.807) is 0 Å². The number of aliphatic hydroxyl groups excluding tert-OH is 1. The number of aliphatic hydroxyl groups is 1. The molecule has 0 aromatic heterocycles. The number of nitrogens with two attached hydrogens (primary N) is 1. The Morgan fingerprint density at radius 3 is 2.65 bits per heavy atom. The van der Waals surface area contributed by atoms with Gasteiger partial charge < -0.3 is 15.7 Å². The van der Waals surface area contributed by atoms with Crippen LogP contribution >= 0.6 is 0 Å². The second-order valence-electron chi connectivity index (χ2n) is 6.03. The van der Waals surface area contributed by atoms with E-state index in [2.05, 4.69) is 35.9 Å². The molecule has 1 aliphatic heterocycles. The van der Waals surface area contributed by atoms with E-state index in [0.29, 0.717) is 12.6 Å². The van der Waals surface area contributed by atoms with E-state index in [9.17, 15) is 5.11 Å². The second-order valence-corrected chi connectivity index (χ2v) is 6.03. The molecule has 0 radical (unpaired) electrons. The van der Waals surface area contributed by atoms with E-state index in [4.69, 9.17) is 5.73 Å². The maximum absolute atomic E-state index is 10.3. The summed E-state index contributed by atoms with van der Waals surface area (Å²) in [6, 6.07) is 10.4. The molecule has 1 heterocycles. The number of hydrogen-bond acceptors (Lipinski definition) is 4. The Hall–Kier alpha value is -0.940. The van der Waals surface area contributed by atoms with Gasteiger partial charge in [0.25, 0.3) is 0 Å². The van der Waals surface area contributed by atoms with Crippen molar-refractivity contribution in [2.24, 2.45) is 5.73 Å². The fourth-order valence-electron chi connectivity index (χ4n) is 2.85. The van der Waals surface area contributed by atoms with Crippen molar-refractivity contribution >= 4 is 0 Å². The van der Waals surface area contributed by atoms with Crippen LogP contribution in [0.4, 0.5) is 0 Å². The molecule has 1 saturated heterocycles. The van der Waals surface area contributed by atoms with Gasteiger partial charge in [0, 0.05) is 38.3 Å². The van der Waals surface area contributed by atoms with Crippen LogP contribution in [0.2, 0.25) is 0 Å². The van der Waals surface area contributed by atoms with Crippen LogP contribution in [0.25, 0.3) is 0 Å². The zero-order valence-electron chi connectivity index (χ0n) is 12.6. The van der Waals surface area contributed by atoms with Crippen molar-refractivity contribution in [2.45, 2.75) is 31.5 Å². The normalized spacial score (nSPS) is 24.5. The van der Waals surface area contributed by atoms with E-state index in [-0.39, 0.29) is 6.04 Å². The van der Waals surface area contributed by atoms with E-state index in [1.165, 1.54) is 5.56 Å². The highest BCUT2D eigenvalue weighted by molar-refractivity contribution is 5.16. The highest BCUT2D eigenvalue weighted by atomic mass is 16.3. The first-order valence-electron chi connectivity index (χ1n) is 7.46. The lowest BCUT2D eigenvalue weighted by molar-refractivity contribution is 0.0376. The van der Waals surface area contributed by atoms with Crippen LogP contribution in [-0.4, -0.2) is 66.3 Å². The van der Waals surface area contributed by atoms with Crippen molar-refractivity contribution in [3.05, 3.63) is 35.9 Å². The number of nitrogens with zero attached hydrogens (tertiary/aromatic N) is 2. The minimum Gasteiger partial charge on any atom is -0.390 e. The number of hydrogen-bond donors (Lipinski definition) is 2. The van der Waals surface area contributed by atoms with Gasteiger partial charge in [0.2, 0.25) is 0 Å². The molecule has 0 bridgehead atoms. The van der Waals surface area contributed by atoms with Gasteiger partial charge in [0.15, 0.2) is 0 Å². The van der Waals surface area contributed by atoms with Crippen LogP contribution in [0.3, 0.4) is 0 Å². The third kappa shape index (κ3) is 4.28. The predicted molar refractivity (Wildman–Crippen MR) is 82.7 cm³/mol. The van der Waals surface area contributed by atoms with E-state index in [1.807, 2.05) is 18.2 Å². The third-order valence-corrected chi connectivity index (χ3v) is 4.20. The molecule has 0 aliphatic carbocycles. The van der Waals surface area contributed by atoms with Gasteiger partial charge in [-0.1, -0.05) is 30.3 Å². The van der Waals surface area contributed by atoms with Crippen LogP contribution in [0.1, 0.15) is 12.5 Å². The fraction of sp³-hybridized carbons (Fsp3) is 0.625. The van der Waals surface area contributed by atoms with Gasteiger partial charge in [-0.3, -0.25) is 4.90 Å². The lowest BCUT2D eigenvalue weighted by atomic mass is 10.0. The summed E-state index contributed by atoms with van der Waals surface area (Å²) in [5.41, 5.74) is 7.34. The van der Waals surface area contributed by atoms with Gasteiger partial charge in [-0.15, -0.1) is 0 Å². The maximum Gasteiger partial charge on any atom is 0.0821 e. The monoisotopic (exact) mass is 277 g/mol. The molecule has 3 atom stereocenters. The number of piperazine rings is 1. The summed E-state index contributed by atoms with van der Waals surface area (Å²) < 4.78 is 0. The highest BCUT2D eigenvalue weighted by Crippen LogP contribution is 2.11. The van der Waals surface area contributed by atoms with Crippen molar-refractivity contribution in [2.75, 3.05) is 33.2 Å². The van der Waals surface area contributed by atoms with E-state index >= 15 is 0 Å². The van der Waals surface area contributed by atoms with Crippen molar-refractivity contribution < 1.29 is 5.11 Å². The maximum atomic E-state index is 10.3. The zero-order chi connectivity index (χ0) is 14.5. The van der Waals surface area contributed by atoms with Gasteiger partial charge in [-0.2, -0.15) is 0 Å². The fourth-order valence-corrected chi connectivity index (χ4v) is 2.85. The van der Waals surface area contributed by atoms with E-state index in [0.717, 1.165) is 26.1 Å². The molecule has 0 amide bonds. The summed E-state index contributed by atoms with van der Waals surface area (Å²) >= 11 is 0. The lowest BCUT2D eigenvalue weighted by Gasteiger charge is -2.39. The molecule has 1 aromatic rings. The molecule has 4 heteroatoms. The van der Waals surface area contributed by atoms with Gasteiger partial charge >= 0.3 is 0 Å². The Balaban J connectivity index is 1.83. The van der Waals surface area contributed by atoms with Crippen LogP contribution in [0.15, 0.2) is 30.3 Å². The molecule has 3 unspecified atom stereocenters. The average molecular weight is 277 g/mol. The summed E-state index contributed by atoms with van der Waals surface area (Å²) in [4.78, 5) is 4.67. The predicted octanol–water partition coefficient (Wildman–Crippen LogP) is 0.553. The minimum absolute atomic E-state index is 0.204. The van der Waals surface area contributed by atoms with Crippen LogP contribution in [0, 0.1) is 0 Å². The number of benzene rings is 1. The molecule has 20 heavy (non-hydrogen) atoms. The zero-order valence-corrected chi connectivity index (χ0v) is 12.6. The molecule has 3 N–H and O–H groups in total. The smallest absolute Gasteiger partial charge is 0.0821 e. The Morgan fingerprint density at radius 2 is 2.00 bits per heavy atom. The van der Waals surface area contributed by atoms with Crippen LogP contribution < -0.4 is 5.73 Å². The standard InChI is InChI=1S/C16H27N3O/c1-13-11-18(2)8-9-19(13)12-16(20)15(17)10-14-6-4-3-5-7-14/h3-7,13,15-16,20H,8-12,17H2,1-2H3. The first-order valence-corrected chi connectivity index (χ1v) is 7.46. The third-order valence-electron chi connectivity index (χ3n) is 4.20. The summed E-state index contributed by atoms with van der Waals surface area (Å²) in [6.45, 7) is 6.01. The minimum atomic E-state index is -0.471. The van der Waals surface area contributed by atoms with Gasteiger partial charge in [-0.05, 0) is 26.0 Å². The second kappa shape index (κ2) is 7.18. The molecule has 2 rings (SSSR count). The molecule has 1 aromatic carbocycles. The van der Waals surface area contributed by atoms with Crippen molar-refractivity contribution in [3.8, 4) is 0 Å². The molecule has 112 valence electrons. The molecule has 1 fully saturated rings. The Kier molecular flexibility index (Phi) is 5.54. The first-order chi connectivity index (χ1) is 9.56. The Labute approximate surface area is 122 Å². The molecule has 4 nitrogen and oxygen atoms in total. The quantitative estimate of drug-likeness (QED) is 0.825. The summed E-state index contributed by atoms with van der Waals surface area (Å²) in [7, 11) is 2.14. The molecular weight excluding hydrogens is 250 g/mol. The summed E-state index contributed by atoms with van der Waals surface area (Å²) in [6.07, 6.45) is 0.255. The Morgan fingerprint density at radius 1 is 1.30 bits per heavy atom. The van der Waals surface area contributed by atoms with Crippen molar-refractivity contribution in [3.63, 3.8) is 0 Å². The largest absolute Gasteiger partial charge is 0.390 e. The highest BCUT2D eigenvalue weighted by Gasteiger charge is 2.25. The van der Waals surface area contributed by atoms with Gasteiger partial charge in [0.05, 0.1) is 6.10 Å². The topological polar surface area (TPSA) is 52.7 Å². The van der Waals surface area contributed by atoms with Gasteiger partial charge in [-0.25, -0.2) is 0 Å². The molecule has 0 spiro atoms. The molecule has 0 saturated carbocycles. The molecule has 1 aliphatic rings. The lowest BCUT2D eigenvalue weighted by Crippen LogP contribution is -2.54. The summed E-state index contributed by atoms with van der Waals surface area (Å²) in [5, 5.41) is 10.3. The number of rotatable bonds is 5. The van der Waals surface area contributed by atoms with Crippen LogP contribution in [0.5, 0.6) is 0 Å². The molecular formula is C16H27N3O. The van der Waals surface area contributed by atoms with Gasteiger partial charge in [0.1, 0.15) is 0 Å². The van der Waals surface area contributed by atoms with Crippen LogP contribution in [-0.2, 0) is 6.42 Å². The van der Waals surface area contributed by atoms with Crippen molar-refractivity contribution in [1.29, 1.82) is 0 Å². The Bertz CT molecular complexity index is 398.